The second kappa shape index (κ2) is 5.01. The Bertz CT molecular complexity index is 604. The quantitative estimate of drug-likeness (QED) is 0.694. The van der Waals surface area contributed by atoms with Crippen molar-refractivity contribution in [3.63, 3.8) is 0 Å². The number of rotatable bonds is 3. The summed E-state index contributed by atoms with van der Waals surface area (Å²) in [6.45, 7) is 0. The minimum absolute atomic E-state index is 0.133. The van der Waals surface area contributed by atoms with Gasteiger partial charge in [-0.2, -0.15) is 0 Å². The van der Waals surface area contributed by atoms with Gasteiger partial charge in [0.25, 0.3) is 0 Å². The highest BCUT2D eigenvalue weighted by Gasteiger charge is 2.16. The number of nitrogen functional groups attached to an aromatic ring is 1. The number of nitro benzene ring substituents is 1. The molecule has 18 heavy (non-hydrogen) atoms. The molecule has 1 aromatic heterocycles. The number of pyridine rings is 1. The van der Waals surface area contributed by atoms with E-state index in [-0.39, 0.29) is 11.4 Å². The first-order valence-corrected chi connectivity index (χ1v) is 5.68. The van der Waals surface area contributed by atoms with Gasteiger partial charge in [-0.3, -0.25) is 15.1 Å². The van der Waals surface area contributed by atoms with Crippen molar-refractivity contribution in [3.8, 4) is 11.5 Å². The van der Waals surface area contributed by atoms with Crippen molar-refractivity contribution in [2.75, 3.05) is 5.73 Å². The monoisotopic (exact) mass is 309 g/mol. The summed E-state index contributed by atoms with van der Waals surface area (Å²) in [6.07, 6.45) is 2.89. The van der Waals surface area contributed by atoms with Gasteiger partial charge in [-0.1, -0.05) is 15.9 Å². The van der Waals surface area contributed by atoms with Gasteiger partial charge in [0.05, 0.1) is 23.0 Å². The zero-order valence-corrected chi connectivity index (χ0v) is 10.6. The molecule has 0 aliphatic heterocycles. The van der Waals surface area contributed by atoms with E-state index in [1.807, 2.05) is 0 Å². The first-order valence-electron chi connectivity index (χ1n) is 4.88. The van der Waals surface area contributed by atoms with Gasteiger partial charge >= 0.3 is 5.69 Å². The Morgan fingerprint density at radius 1 is 1.33 bits per heavy atom. The van der Waals surface area contributed by atoms with E-state index < -0.39 is 4.92 Å². The fraction of sp³-hybridized carbons (Fsp3) is 0. The molecule has 0 radical (unpaired) electrons. The van der Waals surface area contributed by atoms with Gasteiger partial charge < -0.3 is 10.5 Å². The molecule has 0 amide bonds. The highest BCUT2D eigenvalue weighted by molar-refractivity contribution is 9.10. The first-order chi connectivity index (χ1) is 8.56. The van der Waals surface area contributed by atoms with Gasteiger partial charge in [0, 0.05) is 16.6 Å². The summed E-state index contributed by atoms with van der Waals surface area (Å²) in [5.41, 5.74) is 5.84. The van der Waals surface area contributed by atoms with E-state index in [1.54, 1.807) is 12.1 Å². The van der Waals surface area contributed by atoms with Crippen LogP contribution in [-0.4, -0.2) is 9.91 Å². The van der Waals surface area contributed by atoms with Crippen molar-refractivity contribution < 1.29 is 9.66 Å². The lowest BCUT2D eigenvalue weighted by Crippen LogP contribution is -1.94. The van der Waals surface area contributed by atoms with E-state index >= 15 is 0 Å². The van der Waals surface area contributed by atoms with Gasteiger partial charge in [0.15, 0.2) is 0 Å². The lowest BCUT2D eigenvalue weighted by molar-refractivity contribution is -0.385. The number of halogens is 1. The van der Waals surface area contributed by atoms with Crippen LogP contribution in [0.2, 0.25) is 0 Å². The van der Waals surface area contributed by atoms with Crippen LogP contribution >= 0.6 is 15.9 Å². The second-order valence-corrected chi connectivity index (χ2v) is 4.34. The van der Waals surface area contributed by atoms with Crippen molar-refractivity contribution >= 4 is 27.3 Å². The second-order valence-electron chi connectivity index (χ2n) is 3.43. The molecule has 7 heteroatoms. The van der Waals surface area contributed by atoms with Crippen LogP contribution in [0.5, 0.6) is 11.5 Å². The van der Waals surface area contributed by atoms with Crippen LogP contribution in [0.1, 0.15) is 0 Å². The molecule has 2 rings (SSSR count). The largest absolute Gasteiger partial charge is 0.448 e. The summed E-state index contributed by atoms with van der Waals surface area (Å²) in [6, 6.07) is 6.07. The number of aromatic nitrogens is 1. The molecule has 2 aromatic rings. The van der Waals surface area contributed by atoms with Crippen LogP contribution in [0.3, 0.4) is 0 Å². The third-order valence-electron chi connectivity index (χ3n) is 2.08. The molecule has 1 aromatic carbocycles. The van der Waals surface area contributed by atoms with E-state index in [4.69, 9.17) is 10.5 Å². The number of nitrogens with zero attached hydrogens (tertiary/aromatic N) is 2. The van der Waals surface area contributed by atoms with Crippen molar-refractivity contribution in [2.24, 2.45) is 0 Å². The Morgan fingerprint density at radius 2 is 2.11 bits per heavy atom. The van der Waals surface area contributed by atoms with Crippen molar-refractivity contribution in [2.45, 2.75) is 0 Å². The van der Waals surface area contributed by atoms with Gasteiger partial charge in [0.2, 0.25) is 5.75 Å². The smallest absolute Gasteiger partial charge is 0.312 e. The number of hydrogen-bond donors (Lipinski definition) is 1. The fourth-order valence-corrected chi connectivity index (χ4v) is 1.69. The molecule has 0 unspecified atom stereocenters. The third kappa shape index (κ3) is 2.75. The molecule has 0 saturated carbocycles. The highest BCUT2D eigenvalue weighted by atomic mass is 79.9. The molecule has 0 atom stereocenters. The summed E-state index contributed by atoms with van der Waals surface area (Å²) in [7, 11) is 0. The third-order valence-corrected chi connectivity index (χ3v) is 2.57. The average molecular weight is 310 g/mol. The summed E-state index contributed by atoms with van der Waals surface area (Å²) in [4.78, 5) is 14.2. The molecular formula is C11H8BrN3O3. The average Bonchev–Trinajstić information content (AvgIpc) is 2.31. The van der Waals surface area contributed by atoms with Gasteiger partial charge in [-0.05, 0) is 12.1 Å². The van der Waals surface area contributed by atoms with Crippen LogP contribution < -0.4 is 10.5 Å². The molecule has 0 bridgehead atoms. The molecule has 0 fully saturated rings. The lowest BCUT2D eigenvalue weighted by Gasteiger charge is -2.06. The molecule has 2 N–H and O–H groups in total. The van der Waals surface area contributed by atoms with Crippen molar-refractivity contribution in [3.05, 3.63) is 51.2 Å². The Morgan fingerprint density at radius 3 is 2.78 bits per heavy atom. The molecule has 0 aliphatic carbocycles. The van der Waals surface area contributed by atoms with Gasteiger partial charge in [0.1, 0.15) is 5.75 Å². The Balaban J connectivity index is 2.37. The molecule has 6 nitrogen and oxygen atoms in total. The van der Waals surface area contributed by atoms with Gasteiger partial charge in [-0.15, -0.1) is 0 Å². The van der Waals surface area contributed by atoms with E-state index in [0.717, 1.165) is 0 Å². The molecule has 92 valence electrons. The molecule has 1 heterocycles. The SMILES string of the molecule is Nc1cncc(Oc2ccc(Br)cc2[N+](=O)[O-])c1. The maximum absolute atomic E-state index is 10.9. The van der Waals surface area contributed by atoms with E-state index in [2.05, 4.69) is 20.9 Å². The van der Waals surface area contributed by atoms with Crippen LogP contribution in [0.15, 0.2) is 41.1 Å². The number of anilines is 1. The Labute approximate surface area is 111 Å². The summed E-state index contributed by atoms with van der Waals surface area (Å²) in [5, 5.41) is 10.9. The van der Waals surface area contributed by atoms with Crippen molar-refractivity contribution in [1.29, 1.82) is 0 Å². The maximum Gasteiger partial charge on any atom is 0.312 e. The van der Waals surface area contributed by atoms with Crippen LogP contribution in [0.4, 0.5) is 11.4 Å². The zero-order chi connectivity index (χ0) is 13.1. The lowest BCUT2D eigenvalue weighted by atomic mass is 10.3. The minimum atomic E-state index is -0.514. The van der Waals surface area contributed by atoms with Crippen LogP contribution in [-0.2, 0) is 0 Å². The summed E-state index contributed by atoms with van der Waals surface area (Å²) >= 11 is 3.17. The van der Waals surface area contributed by atoms with Crippen LogP contribution in [0, 0.1) is 10.1 Å². The van der Waals surface area contributed by atoms with Gasteiger partial charge in [-0.25, -0.2) is 0 Å². The summed E-state index contributed by atoms with van der Waals surface area (Å²) in [5.74, 6) is 0.482. The maximum atomic E-state index is 10.9. The van der Waals surface area contributed by atoms with E-state index in [0.29, 0.717) is 15.9 Å². The number of nitrogens with two attached hydrogens (primary N) is 1. The molecular weight excluding hydrogens is 302 g/mol. The minimum Gasteiger partial charge on any atom is -0.448 e. The van der Waals surface area contributed by atoms with E-state index in [1.165, 1.54) is 24.5 Å². The summed E-state index contributed by atoms with van der Waals surface area (Å²) < 4.78 is 6.01. The normalized spacial score (nSPS) is 10.1. The van der Waals surface area contributed by atoms with E-state index in [9.17, 15) is 10.1 Å². The van der Waals surface area contributed by atoms with Crippen molar-refractivity contribution in [1.82, 2.24) is 4.98 Å². The topological polar surface area (TPSA) is 91.3 Å². The standard InChI is InChI=1S/C11H8BrN3O3/c12-7-1-2-11(10(3-7)15(16)17)18-9-4-8(13)5-14-6-9/h1-6H,13H2. The highest BCUT2D eigenvalue weighted by Crippen LogP contribution is 2.33. The Kier molecular flexibility index (Phi) is 3.42. The Hall–Kier alpha value is -2.15. The molecule has 0 spiro atoms. The number of nitro groups is 1. The first kappa shape index (κ1) is 12.3. The predicted molar refractivity (Wildman–Crippen MR) is 69.5 cm³/mol. The number of ether oxygens (including phenoxy) is 1. The number of hydrogen-bond acceptors (Lipinski definition) is 5. The predicted octanol–water partition coefficient (Wildman–Crippen LogP) is 3.13. The van der Waals surface area contributed by atoms with Crippen LogP contribution in [0.25, 0.3) is 0 Å². The number of benzene rings is 1. The molecule has 0 aliphatic rings. The zero-order valence-electron chi connectivity index (χ0n) is 9.04. The molecule has 0 saturated heterocycles. The fourth-order valence-electron chi connectivity index (χ4n) is 1.34.